The zero-order chi connectivity index (χ0) is 19.3. The van der Waals surface area contributed by atoms with E-state index in [-0.39, 0.29) is 11.7 Å². The molecule has 142 valence electrons. The van der Waals surface area contributed by atoms with Gasteiger partial charge in [0.25, 0.3) is 0 Å². The summed E-state index contributed by atoms with van der Waals surface area (Å²) in [5, 5.41) is -0.457. The van der Waals surface area contributed by atoms with Gasteiger partial charge >= 0.3 is 0 Å². The Morgan fingerprint density at radius 3 is 2.57 bits per heavy atom. The molecule has 0 radical (unpaired) electrons. The zero-order valence-electron chi connectivity index (χ0n) is 15.1. The van der Waals surface area contributed by atoms with Gasteiger partial charge in [-0.15, -0.1) is 0 Å². The summed E-state index contributed by atoms with van der Waals surface area (Å²) in [5.74, 6) is -0.323. The molecule has 0 aliphatic carbocycles. The summed E-state index contributed by atoms with van der Waals surface area (Å²) in [4.78, 5) is 6.54. The first kappa shape index (κ1) is 17.5. The topological polar surface area (TPSA) is 50.3 Å². The minimum absolute atomic E-state index is 0.0754. The molecule has 2 aliphatic heterocycles. The molecule has 1 saturated heterocycles. The molecule has 0 bridgehead atoms. The Balaban J connectivity index is 1.48. The largest absolute Gasteiger partial charge is 0.297 e. The average molecular weight is 394 g/mol. The van der Waals surface area contributed by atoms with Gasteiger partial charge in [-0.3, -0.25) is 9.88 Å². The minimum atomic E-state index is -3.37. The molecule has 1 fully saturated rings. The van der Waals surface area contributed by atoms with Crippen molar-refractivity contribution in [2.24, 2.45) is 0 Å². The Morgan fingerprint density at radius 1 is 1.00 bits per heavy atom. The van der Waals surface area contributed by atoms with Crippen molar-refractivity contribution in [2.75, 3.05) is 13.1 Å². The van der Waals surface area contributed by atoms with E-state index < -0.39 is 15.1 Å². The van der Waals surface area contributed by atoms with Crippen molar-refractivity contribution >= 4 is 9.84 Å². The van der Waals surface area contributed by atoms with E-state index in [1.54, 1.807) is 30.6 Å². The van der Waals surface area contributed by atoms with Gasteiger partial charge in [0.15, 0.2) is 9.84 Å². The fourth-order valence-electron chi connectivity index (χ4n) is 4.45. The minimum Gasteiger partial charge on any atom is -0.297 e. The second kappa shape index (κ2) is 6.50. The van der Waals surface area contributed by atoms with Crippen LogP contribution in [0.5, 0.6) is 0 Å². The molecule has 6 heteroatoms. The van der Waals surface area contributed by atoms with Gasteiger partial charge in [0.2, 0.25) is 0 Å². The number of nitrogens with zero attached hydrogens (tertiary/aromatic N) is 2. The van der Waals surface area contributed by atoms with Crippen molar-refractivity contribution in [3.8, 4) is 11.1 Å². The number of hydrogen-bond acceptors (Lipinski definition) is 4. The molecular weight excluding hydrogens is 375 g/mol. The van der Waals surface area contributed by atoms with E-state index in [2.05, 4.69) is 4.98 Å². The number of rotatable bonds is 3. The van der Waals surface area contributed by atoms with E-state index in [9.17, 15) is 12.8 Å². The van der Waals surface area contributed by atoms with Crippen molar-refractivity contribution in [3.63, 3.8) is 0 Å². The van der Waals surface area contributed by atoms with Crippen molar-refractivity contribution < 1.29 is 12.8 Å². The molecule has 0 amide bonds. The number of fused-ring (bicyclic) bond motifs is 3. The molecule has 0 spiro atoms. The first-order chi connectivity index (χ1) is 13.5. The molecule has 2 aromatic carbocycles. The maximum Gasteiger partial charge on any atom is 0.183 e. The first-order valence-electron chi connectivity index (χ1n) is 9.28. The molecule has 0 unspecified atom stereocenters. The predicted molar refractivity (Wildman–Crippen MR) is 105 cm³/mol. The van der Waals surface area contributed by atoms with E-state index in [0.29, 0.717) is 30.1 Å². The van der Waals surface area contributed by atoms with Crippen LogP contribution in [0.25, 0.3) is 11.1 Å². The molecule has 5 rings (SSSR count). The van der Waals surface area contributed by atoms with Crippen LogP contribution in [0.2, 0.25) is 0 Å². The van der Waals surface area contributed by atoms with Crippen LogP contribution in [-0.2, 0) is 16.4 Å². The van der Waals surface area contributed by atoms with Gasteiger partial charge in [-0.25, -0.2) is 12.8 Å². The van der Waals surface area contributed by atoms with Gasteiger partial charge in [0.1, 0.15) is 5.82 Å². The smallest absolute Gasteiger partial charge is 0.183 e. The molecule has 28 heavy (non-hydrogen) atoms. The Hall–Kier alpha value is -2.57. The number of pyridine rings is 1. The van der Waals surface area contributed by atoms with Crippen LogP contribution < -0.4 is 0 Å². The van der Waals surface area contributed by atoms with E-state index in [1.807, 2.05) is 35.2 Å². The molecule has 2 aliphatic rings. The third-order valence-electron chi connectivity index (χ3n) is 5.82. The van der Waals surface area contributed by atoms with Crippen LogP contribution in [0.1, 0.15) is 17.0 Å². The second-order valence-electron chi connectivity index (χ2n) is 7.46. The molecular formula is C22H19FN2O2S. The Kier molecular flexibility index (Phi) is 4.07. The highest BCUT2D eigenvalue weighted by molar-refractivity contribution is 7.92. The van der Waals surface area contributed by atoms with Crippen LogP contribution in [0.3, 0.4) is 0 Å². The highest BCUT2D eigenvalue weighted by atomic mass is 32.2. The highest BCUT2D eigenvalue weighted by Gasteiger charge is 2.50. The third kappa shape index (κ3) is 2.75. The first-order valence-corrected chi connectivity index (χ1v) is 10.8. The van der Waals surface area contributed by atoms with Gasteiger partial charge in [-0.1, -0.05) is 24.3 Å². The van der Waals surface area contributed by atoms with Gasteiger partial charge in [0, 0.05) is 43.5 Å². The number of halogens is 1. The zero-order valence-corrected chi connectivity index (χ0v) is 15.9. The molecule has 0 saturated carbocycles. The van der Waals surface area contributed by atoms with Crippen molar-refractivity contribution in [1.29, 1.82) is 0 Å². The normalized spacial score (nSPS) is 22.8. The van der Waals surface area contributed by atoms with Crippen molar-refractivity contribution in [1.82, 2.24) is 9.88 Å². The van der Waals surface area contributed by atoms with Gasteiger partial charge < -0.3 is 0 Å². The molecule has 0 N–H and O–H groups in total. The fraction of sp³-hybridized carbons (Fsp3) is 0.227. The van der Waals surface area contributed by atoms with E-state index in [4.69, 9.17) is 0 Å². The number of aromatic nitrogens is 1. The van der Waals surface area contributed by atoms with Crippen molar-refractivity contribution in [3.05, 3.63) is 83.9 Å². The number of benzene rings is 2. The maximum absolute atomic E-state index is 14.0. The standard InChI is InChI=1S/C22H19FN2O2S/c23-20-4-2-1-3-17(20)12-25-13-19-18-11-16(15-7-9-24-10-8-15)5-6-21(18)28(26,27)22(19)14-25/h1-11,19,22H,12-14H2/t19-,22-/m0/s1. The monoisotopic (exact) mass is 394 g/mol. The Bertz CT molecular complexity index is 1150. The Labute approximate surface area is 163 Å². The molecule has 2 atom stereocenters. The lowest BCUT2D eigenvalue weighted by molar-refractivity contribution is 0.320. The quantitative estimate of drug-likeness (QED) is 0.681. The van der Waals surface area contributed by atoms with Gasteiger partial charge in [-0.2, -0.15) is 0 Å². The average Bonchev–Trinajstić information content (AvgIpc) is 3.22. The fourth-order valence-corrected chi connectivity index (χ4v) is 6.64. The highest BCUT2D eigenvalue weighted by Crippen LogP contribution is 2.46. The summed E-state index contributed by atoms with van der Waals surface area (Å²) in [6, 6.07) is 16.1. The number of sulfone groups is 1. The summed E-state index contributed by atoms with van der Waals surface area (Å²) < 4.78 is 40.2. The summed E-state index contributed by atoms with van der Waals surface area (Å²) in [5.41, 5.74) is 3.49. The second-order valence-corrected chi connectivity index (χ2v) is 9.60. The number of likely N-dealkylation sites (tertiary alicyclic amines) is 1. The number of hydrogen-bond donors (Lipinski definition) is 0. The molecule has 3 heterocycles. The maximum atomic E-state index is 14.0. The van der Waals surface area contributed by atoms with Gasteiger partial charge in [-0.05, 0) is 47.0 Å². The summed E-state index contributed by atoms with van der Waals surface area (Å²) >= 11 is 0. The Morgan fingerprint density at radius 2 is 1.79 bits per heavy atom. The van der Waals surface area contributed by atoms with E-state index >= 15 is 0 Å². The van der Waals surface area contributed by atoms with Crippen molar-refractivity contribution in [2.45, 2.75) is 22.6 Å². The molecule has 4 nitrogen and oxygen atoms in total. The lowest BCUT2D eigenvalue weighted by Gasteiger charge is -2.18. The van der Waals surface area contributed by atoms with Crippen LogP contribution in [0, 0.1) is 5.82 Å². The van der Waals surface area contributed by atoms with Crippen LogP contribution in [0.15, 0.2) is 71.9 Å². The molecule has 3 aromatic rings. The van der Waals surface area contributed by atoms with Crippen LogP contribution in [0.4, 0.5) is 4.39 Å². The van der Waals surface area contributed by atoms with Gasteiger partial charge in [0.05, 0.1) is 10.1 Å². The van der Waals surface area contributed by atoms with Crippen LogP contribution in [-0.4, -0.2) is 36.6 Å². The third-order valence-corrected chi connectivity index (χ3v) is 8.08. The van der Waals surface area contributed by atoms with E-state index in [1.165, 1.54) is 6.07 Å². The summed E-state index contributed by atoms with van der Waals surface area (Å²) in [7, 11) is -3.37. The lowest BCUT2D eigenvalue weighted by Crippen LogP contribution is -2.26. The summed E-state index contributed by atoms with van der Waals surface area (Å²) in [6.45, 7) is 1.47. The predicted octanol–water partition coefficient (Wildman–Crippen LogP) is 3.64. The lowest BCUT2D eigenvalue weighted by atomic mass is 9.95. The molecule has 1 aromatic heterocycles. The van der Waals surface area contributed by atoms with E-state index in [0.717, 1.165) is 16.7 Å². The SMILES string of the molecule is O=S1(=O)c2ccc(-c3ccncc3)cc2[C@@H]2CN(Cc3ccccc3F)C[C@@H]21. The van der Waals surface area contributed by atoms with Crippen LogP contribution >= 0.6 is 0 Å². The summed E-state index contributed by atoms with van der Waals surface area (Å²) in [6.07, 6.45) is 3.46.